The van der Waals surface area contributed by atoms with Crippen LogP contribution >= 0.6 is 45.2 Å². The van der Waals surface area contributed by atoms with E-state index in [1.165, 1.54) is 0 Å². The third kappa shape index (κ3) is 3.29. The summed E-state index contributed by atoms with van der Waals surface area (Å²) in [5.41, 5.74) is 5.65. The van der Waals surface area contributed by atoms with Gasteiger partial charge < -0.3 is 10.5 Å². The van der Waals surface area contributed by atoms with Gasteiger partial charge >= 0.3 is 6.36 Å². The van der Waals surface area contributed by atoms with Crippen LogP contribution in [0.2, 0.25) is 0 Å². The van der Waals surface area contributed by atoms with Gasteiger partial charge in [0.1, 0.15) is 3.70 Å². The van der Waals surface area contributed by atoms with E-state index >= 15 is 0 Å². The molecule has 0 spiro atoms. The molecule has 0 aliphatic carbocycles. The molecule has 0 amide bonds. The van der Waals surface area contributed by atoms with Gasteiger partial charge in [-0.05, 0) is 45.2 Å². The van der Waals surface area contributed by atoms with Crippen LogP contribution in [-0.4, -0.2) is 11.3 Å². The Morgan fingerprint density at radius 1 is 1.36 bits per heavy atom. The highest BCUT2D eigenvalue weighted by molar-refractivity contribution is 14.1. The number of hydrogen-bond acceptors (Lipinski definition) is 3. The fraction of sp³-hybridized carbons (Fsp3) is 0.167. The summed E-state index contributed by atoms with van der Waals surface area (Å²) in [6, 6.07) is 1.04. The van der Waals surface area contributed by atoms with Crippen molar-refractivity contribution in [1.82, 2.24) is 4.98 Å². The highest BCUT2D eigenvalue weighted by atomic mass is 127. The number of pyridine rings is 1. The number of nitrogens with two attached hydrogens (primary N) is 1. The van der Waals surface area contributed by atoms with E-state index in [1.54, 1.807) is 22.6 Å². The first-order chi connectivity index (χ1) is 6.29. The normalized spacial score (nSPS) is 11.5. The van der Waals surface area contributed by atoms with Gasteiger partial charge in [-0.2, -0.15) is 0 Å². The van der Waals surface area contributed by atoms with E-state index in [2.05, 4.69) is 9.72 Å². The van der Waals surface area contributed by atoms with Gasteiger partial charge in [-0.15, -0.1) is 13.2 Å². The lowest BCUT2D eigenvalue weighted by atomic mass is 10.4. The number of alkyl halides is 3. The van der Waals surface area contributed by atoms with Crippen molar-refractivity contribution < 1.29 is 17.9 Å². The second kappa shape index (κ2) is 4.24. The van der Waals surface area contributed by atoms with E-state index in [0.29, 0.717) is 7.27 Å². The van der Waals surface area contributed by atoms with Crippen molar-refractivity contribution in [3.63, 3.8) is 0 Å². The summed E-state index contributed by atoms with van der Waals surface area (Å²) in [6.07, 6.45) is -4.74. The van der Waals surface area contributed by atoms with Crippen molar-refractivity contribution in [2.45, 2.75) is 6.36 Å². The van der Waals surface area contributed by atoms with Crippen LogP contribution in [0, 0.1) is 7.27 Å². The number of aromatic nitrogens is 1. The SMILES string of the molecule is Nc1cc(OC(F)(F)F)nc(I)c1I. The average Bonchev–Trinajstić information content (AvgIpc) is 1.96. The standard InChI is InChI=1S/C6H3F3I2N2O/c7-6(8,9)14-3-1-2(12)4(10)5(11)13-3/h1H,(H2,12,13). The van der Waals surface area contributed by atoms with Crippen molar-refractivity contribution in [2.24, 2.45) is 0 Å². The van der Waals surface area contributed by atoms with Crippen LogP contribution in [0.15, 0.2) is 6.07 Å². The van der Waals surface area contributed by atoms with Gasteiger partial charge in [-0.1, -0.05) is 0 Å². The third-order valence-electron chi connectivity index (χ3n) is 1.14. The van der Waals surface area contributed by atoms with Crippen LogP contribution in [-0.2, 0) is 0 Å². The number of nitrogen functional groups attached to an aromatic ring is 1. The summed E-state index contributed by atoms with van der Waals surface area (Å²) in [5.74, 6) is -0.542. The van der Waals surface area contributed by atoms with E-state index in [-0.39, 0.29) is 5.69 Å². The maximum Gasteiger partial charge on any atom is 0.574 e. The van der Waals surface area contributed by atoms with Gasteiger partial charge in [0, 0.05) is 6.07 Å². The van der Waals surface area contributed by atoms with Gasteiger partial charge in [0.25, 0.3) is 0 Å². The van der Waals surface area contributed by atoms with E-state index in [1.807, 2.05) is 22.6 Å². The average molecular weight is 430 g/mol. The molecular formula is C6H3F3I2N2O. The minimum absolute atomic E-state index is 0.212. The molecule has 1 rings (SSSR count). The third-order valence-corrected chi connectivity index (χ3v) is 4.09. The highest BCUT2D eigenvalue weighted by Crippen LogP contribution is 2.27. The molecule has 0 fully saturated rings. The molecular weight excluding hydrogens is 427 g/mol. The molecule has 3 nitrogen and oxygen atoms in total. The van der Waals surface area contributed by atoms with Crippen LogP contribution in [0.1, 0.15) is 0 Å². The first kappa shape index (κ1) is 12.1. The lowest BCUT2D eigenvalue weighted by Crippen LogP contribution is -2.18. The van der Waals surface area contributed by atoms with Crippen molar-refractivity contribution in [3.8, 4) is 5.88 Å². The smallest absolute Gasteiger partial charge is 0.398 e. The molecule has 8 heteroatoms. The molecule has 0 aliphatic heterocycles. The first-order valence-electron chi connectivity index (χ1n) is 3.17. The van der Waals surface area contributed by atoms with Crippen molar-refractivity contribution >= 4 is 50.9 Å². The quantitative estimate of drug-likeness (QED) is 0.551. The lowest BCUT2D eigenvalue weighted by Gasteiger charge is -2.09. The minimum atomic E-state index is -4.74. The van der Waals surface area contributed by atoms with Crippen LogP contribution in [0.4, 0.5) is 18.9 Å². The number of anilines is 1. The Hall–Kier alpha value is -0.000000000000000111. The van der Waals surface area contributed by atoms with E-state index < -0.39 is 12.2 Å². The van der Waals surface area contributed by atoms with E-state index in [4.69, 9.17) is 5.73 Å². The zero-order valence-electron chi connectivity index (χ0n) is 6.40. The van der Waals surface area contributed by atoms with Crippen LogP contribution in [0.3, 0.4) is 0 Å². The number of nitrogens with zero attached hydrogens (tertiary/aromatic N) is 1. The Balaban J connectivity index is 3.02. The Labute approximate surface area is 104 Å². The summed E-state index contributed by atoms with van der Waals surface area (Å²) in [7, 11) is 0. The minimum Gasteiger partial charge on any atom is -0.398 e. The molecule has 0 atom stereocenters. The second-order valence-electron chi connectivity index (χ2n) is 2.20. The zero-order chi connectivity index (χ0) is 10.9. The predicted molar refractivity (Wildman–Crippen MR) is 60.8 cm³/mol. The number of halogens is 5. The van der Waals surface area contributed by atoms with Crippen molar-refractivity contribution in [2.75, 3.05) is 5.73 Å². The second-order valence-corrected chi connectivity index (χ2v) is 4.30. The molecule has 0 unspecified atom stereocenters. The Kier molecular flexibility index (Phi) is 3.66. The number of ether oxygens (including phenoxy) is 1. The summed E-state index contributed by atoms with van der Waals surface area (Å²) in [4.78, 5) is 3.58. The largest absolute Gasteiger partial charge is 0.574 e. The molecule has 0 bridgehead atoms. The topological polar surface area (TPSA) is 48.1 Å². The van der Waals surface area contributed by atoms with E-state index in [0.717, 1.165) is 6.07 Å². The summed E-state index contributed by atoms with van der Waals surface area (Å²) < 4.78 is 40.0. The van der Waals surface area contributed by atoms with Crippen LogP contribution < -0.4 is 10.5 Å². The molecule has 0 radical (unpaired) electrons. The Morgan fingerprint density at radius 2 is 1.93 bits per heavy atom. The predicted octanol–water partition coefficient (Wildman–Crippen LogP) is 2.77. The van der Waals surface area contributed by atoms with Gasteiger partial charge in [-0.25, -0.2) is 4.98 Å². The van der Waals surface area contributed by atoms with Gasteiger partial charge in [0.05, 0.1) is 9.26 Å². The number of hydrogen-bond donors (Lipinski definition) is 1. The van der Waals surface area contributed by atoms with Crippen molar-refractivity contribution in [3.05, 3.63) is 13.3 Å². The molecule has 1 aromatic heterocycles. The van der Waals surface area contributed by atoms with Gasteiger partial charge in [0.15, 0.2) is 0 Å². The van der Waals surface area contributed by atoms with E-state index in [9.17, 15) is 13.2 Å². The maximum absolute atomic E-state index is 11.8. The monoisotopic (exact) mass is 430 g/mol. The zero-order valence-corrected chi connectivity index (χ0v) is 10.7. The molecule has 78 valence electrons. The summed E-state index contributed by atoms with van der Waals surface area (Å²) >= 11 is 3.67. The van der Waals surface area contributed by atoms with Gasteiger partial charge in [0.2, 0.25) is 5.88 Å². The summed E-state index contributed by atoms with van der Waals surface area (Å²) in [6.45, 7) is 0. The molecule has 0 aromatic carbocycles. The first-order valence-corrected chi connectivity index (χ1v) is 5.32. The molecule has 1 heterocycles. The Bertz CT molecular complexity index is 332. The summed E-state index contributed by atoms with van der Waals surface area (Å²) in [5, 5.41) is 0. The molecule has 0 saturated carbocycles. The maximum atomic E-state index is 11.8. The fourth-order valence-corrected chi connectivity index (χ4v) is 1.49. The van der Waals surface area contributed by atoms with Gasteiger partial charge in [-0.3, -0.25) is 0 Å². The molecule has 2 N–H and O–H groups in total. The van der Waals surface area contributed by atoms with Crippen molar-refractivity contribution in [1.29, 1.82) is 0 Å². The molecule has 0 aliphatic rings. The van der Waals surface area contributed by atoms with Crippen LogP contribution in [0.5, 0.6) is 5.88 Å². The highest BCUT2D eigenvalue weighted by Gasteiger charge is 2.32. The lowest BCUT2D eigenvalue weighted by molar-refractivity contribution is -0.276. The fourth-order valence-electron chi connectivity index (χ4n) is 0.664. The molecule has 1 aromatic rings. The number of rotatable bonds is 1. The molecule has 0 saturated heterocycles. The Morgan fingerprint density at radius 3 is 2.36 bits per heavy atom. The van der Waals surface area contributed by atoms with Crippen LogP contribution in [0.25, 0.3) is 0 Å². The molecule has 14 heavy (non-hydrogen) atoms.